The molecule has 0 aromatic heterocycles. The van der Waals surface area contributed by atoms with Crippen LogP contribution >= 0.6 is 0 Å². The second-order valence-corrected chi connectivity index (χ2v) is 4.07. The predicted octanol–water partition coefficient (Wildman–Crippen LogP) is 2.20. The number of ether oxygens (including phenoxy) is 1. The number of aliphatic hydroxyl groups is 2. The highest BCUT2D eigenvalue weighted by Gasteiger charge is 2.07. The molecule has 1 aromatic carbocycles. The smallest absolute Gasteiger partial charge is 0.122 e. The molecule has 0 radical (unpaired) electrons. The number of hydrogen-bond acceptors (Lipinski definition) is 3. The van der Waals surface area contributed by atoms with E-state index in [4.69, 9.17) is 4.74 Å². The van der Waals surface area contributed by atoms with Gasteiger partial charge >= 0.3 is 0 Å². The first-order chi connectivity index (χ1) is 7.54. The molecule has 0 fully saturated rings. The van der Waals surface area contributed by atoms with Gasteiger partial charge in [-0.1, -0.05) is 13.0 Å². The van der Waals surface area contributed by atoms with E-state index in [0.717, 1.165) is 16.9 Å². The summed E-state index contributed by atoms with van der Waals surface area (Å²) in [6.45, 7) is 5.89. The van der Waals surface area contributed by atoms with Crippen LogP contribution in [0.5, 0.6) is 5.75 Å². The Labute approximate surface area is 96.7 Å². The monoisotopic (exact) mass is 224 g/mol. The quantitative estimate of drug-likeness (QED) is 0.806. The maximum absolute atomic E-state index is 9.41. The SMILES string of the molecule is CCC(O)COc1ccc([C@@H](C)O)cc1C. The van der Waals surface area contributed by atoms with Gasteiger partial charge in [-0.3, -0.25) is 0 Å². The van der Waals surface area contributed by atoms with E-state index < -0.39 is 12.2 Å². The Morgan fingerprint density at radius 2 is 2.00 bits per heavy atom. The van der Waals surface area contributed by atoms with Gasteiger partial charge in [-0.05, 0) is 43.5 Å². The Hall–Kier alpha value is -1.06. The summed E-state index contributed by atoms with van der Waals surface area (Å²) in [6.07, 6.45) is -0.199. The molecule has 0 bridgehead atoms. The zero-order chi connectivity index (χ0) is 12.1. The van der Waals surface area contributed by atoms with Gasteiger partial charge < -0.3 is 14.9 Å². The first-order valence-corrected chi connectivity index (χ1v) is 5.64. The van der Waals surface area contributed by atoms with Crippen LogP contribution in [0.3, 0.4) is 0 Å². The number of rotatable bonds is 5. The van der Waals surface area contributed by atoms with Crippen LogP contribution in [0.2, 0.25) is 0 Å². The van der Waals surface area contributed by atoms with Crippen LogP contribution in [0.25, 0.3) is 0 Å². The topological polar surface area (TPSA) is 49.7 Å². The summed E-state index contributed by atoms with van der Waals surface area (Å²) in [6, 6.07) is 5.57. The first-order valence-electron chi connectivity index (χ1n) is 5.64. The number of aliphatic hydroxyl groups excluding tert-OH is 2. The van der Waals surface area contributed by atoms with Crippen molar-refractivity contribution in [3.05, 3.63) is 29.3 Å². The molecule has 3 heteroatoms. The molecule has 0 aliphatic carbocycles. The second-order valence-electron chi connectivity index (χ2n) is 4.07. The van der Waals surface area contributed by atoms with Crippen molar-refractivity contribution in [1.29, 1.82) is 0 Å². The minimum Gasteiger partial charge on any atom is -0.491 e. The molecule has 16 heavy (non-hydrogen) atoms. The predicted molar refractivity (Wildman–Crippen MR) is 63.6 cm³/mol. The zero-order valence-corrected chi connectivity index (χ0v) is 10.1. The Bertz CT molecular complexity index is 334. The molecule has 0 aliphatic heterocycles. The van der Waals surface area contributed by atoms with Crippen LogP contribution in [0.1, 0.15) is 37.5 Å². The van der Waals surface area contributed by atoms with Crippen LogP contribution in [0, 0.1) is 6.92 Å². The van der Waals surface area contributed by atoms with E-state index in [-0.39, 0.29) is 0 Å². The van der Waals surface area contributed by atoms with Gasteiger partial charge in [-0.25, -0.2) is 0 Å². The lowest BCUT2D eigenvalue weighted by atomic mass is 10.1. The molecule has 2 atom stereocenters. The maximum Gasteiger partial charge on any atom is 0.122 e. The van der Waals surface area contributed by atoms with Crippen molar-refractivity contribution in [3.63, 3.8) is 0 Å². The molecule has 0 amide bonds. The average Bonchev–Trinajstić information content (AvgIpc) is 2.26. The fraction of sp³-hybridized carbons (Fsp3) is 0.538. The number of hydrogen-bond donors (Lipinski definition) is 2. The third-order valence-corrected chi connectivity index (χ3v) is 2.58. The van der Waals surface area contributed by atoms with Gasteiger partial charge in [0.1, 0.15) is 12.4 Å². The van der Waals surface area contributed by atoms with Crippen molar-refractivity contribution in [3.8, 4) is 5.75 Å². The van der Waals surface area contributed by atoms with E-state index >= 15 is 0 Å². The molecule has 0 saturated heterocycles. The molecule has 0 aliphatic rings. The van der Waals surface area contributed by atoms with Gasteiger partial charge in [-0.15, -0.1) is 0 Å². The summed E-state index contributed by atoms with van der Waals surface area (Å²) in [7, 11) is 0. The minimum absolute atomic E-state index is 0.311. The zero-order valence-electron chi connectivity index (χ0n) is 10.1. The number of aryl methyl sites for hydroxylation is 1. The van der Waals surface area contributed by atoms with Crippen LogP contribution in [0.4, 0.5) is 0 Å². The molecule has 1 aromatic rings. The summed E-state index contributed by atoms with van der Waals surface area (Å²) in [5.41, 5.74) is 1.85. The lowest BCUT2D eigenvalue weighted by molar-refractivity contribution is 0.104. The molecule has 90 valence electrons. The standard InChI is InChI=1S/C13H20O3/c1-4-12(15)8-16-13-6-5-11(10(3)14)7-9(13)2/h5-7,10,12,14-15H,4,8H2,1-3H3/t10-,12?/m1/s1. The average molecular weight is 224 g/mol. The highest BCUT2D eigenvalue weighted by atomic mass is 16.5. The molecule has 1 unspecified atom stereocenters. The maximum atomic E-state index is 9.41. The van der Waals surface area contributed by atoms with Gasteiger partial charge in [0, 0.05) is 0 Å². The minimum atomic E-state index is -0.464. The highest BCUT2D eigenvalue weighted by molar-refractivity contribution is 5.36. The third kappa shape index (κ3) is 3.51. The fourth-order valence-electron chi connectivity index (χ4n) is 1.40. The normalized spacial score (nSPS) is 14.6. The van der Waals surface area contributed by atoms with Crippen molar-refractivity contribution >= 4 is 0 Å². The molecule has 3 nitrogen and oxygen atoms in total. The van der Waals surface area contributed by atoms with E-state index in [2.05, 4.69) is 0 Å². The Morgan fingerprint density at radius 1 is 1.31 bits per heavy atom. The van der Waals surface area contributed by atoms with Gasteiger partial charge in [-0.2, -0.15) is 0 Å². The van der Waals surface area contributed by atoms with E-state index in [1.54, 1.807) is 6.92 Å². The second kappa shape index (κ2) is 5.87. The van der Waals surface area contributed by atoms with Crippen molar-refractivity contribution in [2.45, 2.75) is 39.4 Å². The van der Waals surface area contributed by atoms with E-state index in [0.29, 0.717) is 13.0 Å². The summed E-state index contributed by atoms with van der Waals surface area (Å²) >= 11 is 0. The molecule has 0 saturated carbocycles. The molecular formula is C13H20O3. The van der Waals surface area contributed by atoms with Crippen LogP contribution in [-0.2, 0) is 0 Å². The summed E-state index contributed by atoms with van der Waals surface area (Å²) in [5, 5.41) is 18.8. The third-order valence-electron chi connectivity index (χ3n) is 2.58. The molecule has 0 spiro atoms. The number of benzene rings is 1. The van der Waals surface area contributed by atoms with Crippen molar-refractivity contribution in [2.24, 2.45) is 0 Å². The Kier molecular flexibility index (Phi) is 4.77. The molecule has 1 rings (SSSR count). The van der Waals surface area contributed by atoms with Crippen molar-refractivity contribution in [2.75, 3.05) is 6.61 Å². The van der Waals surface area contributed by atoms with Gasteiger partial charge in [0.2, 0.25) is 0 Å². The van der Waals surface area contributed by atoms with Crippen LogP contribution in [0.15, 0.2) is 18.2 Å². The molecular weight excluding hydrogens is 204 g/mol. The van der Waals surface area contributed by atoms with Crippen LogP contribution < -0.4 is 4.74 Å². The van der Waals surface area contributed by atoms with Gasteiger partial charge in [0.25, 0.3) is 0 Å². The van der Waals surface area contributed by atoms with Gasteiger partial charge in [0.15, 0.2) is 0 Å². The Morgan fingerprint density at radius 3 is 2.50 bits per heavy atom. The first kappa shape index (κ1) is 13.0. The van der Waals surface area contributed by atoms with E-state index in [1.165, 1.54) is 0 Å². The van der Waals surface area contributed by atoms with Gasteiger partial charge in [0.05, 0.1) is 12.2 Å². The Balaban J connectivity index is 2.68. The van der Waals surface area contributed by atoms with E-state index in [1.807, 2.05) is 32.0 Å². The highest BCUT2D eigenvalue weighted by Crippen LogP contribution is 2.22. The van der Waals surface area contributed by atoms with E-state index in [9.17, 15) is 10.2 Å². The summed E-state index contributed by atoms with van der Waals surface area (Å²) in [4.78, 5) is 0. The van der Waals surface area contributed by atoms with Crippen molar-refractivity contribution < 1.29 is 14.9 Å². The largest absolute Gasteiger partial charge is 0.491 e. The lowest BCUT2D eigenvalue weighted by Gasteiger charge is -2.14. The molecule has 0 heterocycles. The van der Waals surface area contributed by atoms with Crippen molar-refractivity contribution in [1.82, 2.24) is 0 Å². The fourth-order valence-corrected chi connectivity index (χ4v) is 1.40. The summed E-state index contributed by atoms with van der Waals surface area (Å²) < 4.78 is 5.49. The summed E-state index contributed by atoms with van der Waals surface area (Å²) in [5.74, 6) is 0.761. The van der Waals surface area contributed by atoms with Crippen LogP contribution in [-0.4, -0.2) is 22.9 Å². The lowest BCUT2D eigenvalue weighted by Crippen LogP contribution is -2.16. The molecule has 2 N–H and O–H groups in total.